The lowest BCUT2D eigenvalue weighted by Gasteiger charge is -2.21. The SMILES string of the molecule is COc1ccc(S(=O)(=O)N2CCCCCC2)cc1NC(=O)c1sc2cc(F)ccc2c1Cl. The first-order valence-electron chi connectivity index (χ1n) is 10.2. The standard InChI is InChI=1S/C22H22ClFN2O4S2/c1-30-18-9-7-15(32(28,29)26-10-4-2-3-5-11-26)13-17(18)25-22(27)21-20(23)16-8-6-14(24)12-19(16)31-21/h6-9,12-13H,2-5,10-11H2,1H3,(H,25,27). The van der Waals surface area contributed by atoms with E-state index in [2.05, 4.69) is 5.32 Å². The number of amides is 1. The van der Waals surface area contributed by atoms with Crippen LogP contribution >= 0.6 is 22.9 Å². The highest BCUT2D eigenvalue weighted by Gasteiger charge is 2.27. The topological polar surface area (TPSA) is 75.7 Å². The smallest absolute Gasteiger partial charge is 0.267 e. The third kappa shape index (κ3) is 4.47. The Morgan fingerprint density at radius 3 is 2.53 bits per heavy atom. The molecule has 0 unspecified atom stereocenters. The van der Waals surface area contributed by atoms with Crippen molar-refractivity contribution in [2.24, 2.45) is 0 Å². The Labute approximate surface area is 195 Å². The summed E-state index contributed by atoms with van der Waals surface area (Å²) in [6.07, 6.45) is 3.67. The fourth-order valence-electron chi connectivity index (χ4n) is 3.74. The number of anilines is 1. The predicted octanol–water partition coefficient (Wildman–Crippen LogP) is 5.52. The molecule has 10 heteroatoms. The molecule has 2 aromatic carbocycles. The van der Waals surface area contributed by atoms with Gasteiger partial charge in [0.15, 0.2) is 0 Å². The number of fused-ring (bicyclic) bond motifs is 1. The van der Waals surface area contributed by atoms with Gasteiger partial charge in [-0.2, -0.15) is 4.31 Å². The molecular weight excluding hydrogens is 475 g/mol. The van der Waals surface area contributed by atoms with Crippen LogP contribution in [0.2, 0.25) is 5.02 Å². The average Bonchev–Trinajstić information content (AvgIpc) is 2.94. The highest BCUT2D eigenvalue weighted by molar-refractivity contribution is 7.89. The molecule has 2 heterocycles. The number of sulfonamides is 1. The van der Waals surface area contributed by atoms with Crippen molar-refractivity contribution in [2.45, 2.75) is 30.6 Å². The van der Waals surface area contributed by atoms with Crippen molar-refractivity contribution in [1.82, 2.24) is 4.31 Å². The second-order valence-electron chi connectivity index (χ2n) is 7.52. The van der Waals surface area contributed by atoms with Gasteiger partial charge in [0.25, 0.3) is 5.91 Å². The third-order valence-corrected chi connectivity index (χ3v) is 8.97. The molecule has 32 heavy (non-hydrogen) atoms. The van der Waals surface area contributed by atoms with Gasteiger partial charge in [-0.1, -0.05) is 24.4 Å². The van der Waals surface area contributed by atoms with Gasteiger partial charge in [-0.25, -0.2) is 12.8 Å². The van der Waals surface area contributed by atoms with Crippen molar-refractivity contribution in [3.63, 3.8) is 0 Å². The van der Waals surface area contributed by atoms with Crippen molar-refractivity contribution in [3.8, 4) is 5.75 Å². The van der Waals surface area contributed by atoms with Gasteiger partial charge in [0, 0.05) is 23.2 Å². The van der Waals surface area contributed by atoms with E-state index >= 15 is 0 Å². The molecule has 6 nitrogen and oxygen atoms in total. The number of carbonyl (C=O) groups is 1. The summed E-state index contributed by atoms with van der Waals surface area (Å²) in [5.74, 6) is -0.633. The number of benzene rings is 2. The Hall–Kier alpha value is -2.20. The maximum Gasteiger partial charge on any atom is 0.267 e. The molecule has 3 aromatic rings. The molecule has 1 saturated heterocycles. The fourth-order valence-corrected chi connectivity index (χ4v) is 6.72. The van der Waals surface area contributed by atoms with Crippen LogP contribution in [-0.4, -0.2) is 38.8 Å². The number of thiophene rings is 1. The Bertz CT molecular complexity index is 1270. The zero-order chi connectivity index (χ0) is 22.9. The van der Waals surface area contributed by atoms with Crippen LogP contribution in [-0.2, 0) is 10.0 Å². The van der Waals surface area contributed by atoms with Crippen molar-refractivity contribution in [1.29, 1.82) is 0 Å². The molecule has 0 atom stereocenters. The van der Waals surface area contributed by atoms with E-state index in [1.165, 1.54) is 47.8 Å². The van der Waals surface area contributed by atoms with Crippen LogP contribution in [0.3, 0.4) is 0 Å². The lowest BCUT2D eigenvalue weighted by molar-refractivity contribution is 0.103. The molecule has 1 aliphatic rings. The number of ether oxygens (including phenoxy) is 1. The first-order valence-corrected chi connectivity index (χ1v) is 12.8. The molecule has 0 spiro atoms. The van der Waals surface area contributed by atoms with Crippen molar-refractivity contribution < 1.29 is 22.3 Å². The first kappa shape index (κ1) is 23.0. The Morgan fingerprint density at radius 2 is 1.84 bits per heavy atom. The van der Waals surface area contributed by atoms with E-state index in [0.29, 0.717) is 28.9 Å². The first-order chi connectivity index (χ1) is 15.3. The summed E-state index contributed by atoms with van der Waals surface area (Å²) in [6, 6.07) is 8.51. The van der Waals surface area contributed by atoms with E-state index < -0.39 is 21.7 Å². The van der Waals surface area contributed by atoms with Crippen molar-refractivity contribution in [2.75, 3.05) is 25.5 Å². The largest absolute Gasteiger partial charge is 0.495 e. The van der Waals surface area contributed by atoms with E-state index in [0.717, 1.165) is 37.0 Å². The van der Waals surface area contributed by atoms with Crippen molar-refractivity contribution >= 4 is 54.6 Å². The van der Waals surface area contributed by atoms with E-state index in [-0.39, 0.29) is 20.5 Å². The van der Waals surface area contributed by atoms with Crippen LogP contribution in [0.4, 0.5) is 10.1 Å². The highest BCUT2D eigenvalue weighted by atomic mass is 35.5. The van der Waals surface area contributed by atoms with Crippen LogP contribution in [0.5, 0.6) is 5.75 Å². The van der Waals surface area contributed by atoms with Gasteiger partial charge in [0.1, 0.15) is 16.4 Å². The summed E-state index contributed by atoms with van der Waals surface area (Å²) >= 11 is 7.42. The van der Waals surface area contributed by atoms with Crippen molar-refractivity contribution in [3.05, 3.63) is 52.1 Å². The van der Waals surface area contributed by atoms with E-state index in [1.54, 1.807) is 0 Å². The number of nitrogens with zero attached hydrogens (tertiary/aromatic N) is 1. The number of hydrogen-bond donors (Lipinski definition) is 1. The second-order valence-corrected chi connectivity index (χ2v) is 10.9. The Kier molecular flexibility index (Phi) is 6.71. The van der Waals surface area contributed by atoms with Gasteiger partial charge >= 0.3 is 0 Å². The molecule has 1 aromatic heterocycles. The third-order valence-electron chi connectivity index (χ3n) is 5.42. The number of nitrogens with one attached hydrogen (secondary N) is 1. The summed E-state index contributed by atoms with van der Waals surface area (Å²) in [6.45, 7) is 0.952. The summed E-state index contributed by atoms with van der Waals surface area (Å²) < 4.78 is 47.2. The fraction of sp³-hybridized carbons (Fsp3) is 0.318. The number of hydrogen-bond acceptors (Lipinski definition) is 5. The maximum absolute atomic E-state index is 13.5. The van der Waals surface area contributed by atoms with Crippen LogP contribution in [0.1, 0.15) is 35.4 Å². The van der Waals surface area contributed by atoms with Gasteiger partial charge in [0.2, 0.25) is 10.0 Å². The quantitative estimate of drug-likeness (QED) is 0.504. The molecule has 1 aliphatic heterocycles. The monoisotopic (exact) mass is 496 g/mol. The number of halogens is 2. The van der Waals surface area contributed by atoms with Gasteiger partial charge < -0.3 is 10.1 Å². The molecular formula is C22H22ClFN2O4S2. The Morgan fingerprint density at radius 1 is 1.12 bits per heavy atom. The molecule has 0 saturated carbocycles. The van der Waals surface area contributed by atoms with Crippen LogP contribution in [0, 0.1) is 5.82 Å². The molecule has 1 amide bonds. The molecule has 1 fully saturated rings. The lowest BCUT2D eigenvalue weighted by atomic mass is 10.2. The van der Waals surface area contributed by atoms with Crippen LogP contribution < -0.4 is 10.1 Å². The van der Waals surface area contributed by atoms with Gasteiger partial charge in [-0.15, -0.1) is 11.3 Å². The minimum absolute atomic E-state index is 0.0833. The molecule has 170 valence electrons. The summed E-state index contributed by atoms with van der Waals surface area (Å²) in [5.41, 5.74) is 0.216. The van der Waals surface area contributed by atoms with Gasteiger partial charge in [-0.05, 0) is 49.2 Å². The minimum atomic E-state index is -3.71. The second kappa shape index (κ2) is 9.35. The summed E-state index contributed by atoms with van der Waals surface area (Å²) in [4.78, 5) is 13.3. The Balaban J connectivity index is 1.66. The lowest BCUT2D eigenvalue weighted by Crippen LogP contribution is -2.32. The average molecular weight is 497 g/mol. The van der Waals surface area contributed by atoms with Gasteiger partial charge in [0.05, 0.1) is 22.7 Å². The normalized spacial score (nSPS) is 15.5. The van der Waals surface area contributed by atoms with E-state index in [4.69, 9.17) is 16.3 Å². The predicted molar refractivity (Wildman–Crippen MR) is 125 cm³/mol. The minimum Gasteiger partial charge on any atom is -0.495 e. The number of rotatable bonds is 5. The number of carbonyl (C=O) groups excluding carboxylic acids is 1. The van der Waals surface area contributed by atoms with Gasteiger partial charge in [-0.3, -0.25) is 4.79 Å². The zero-order valence-corrected chi connectivity index (χ0v) is 19.7. The molecule has 0 aliphatic carbocycles. The van der Waals surface area contributed by atoms with Crippen LogP contribution in [0.25, 0.3) is 10.1 Å². The summed E-state index contributed by atoms with van der Waals surface area (Å²) in [5, 5.41) is 3.50. The number of methoxy groups -OCH3 is 1. The van der Waals surface area contributed by atoms with Crippen LogP contribution in [0.15, 0.2) is 41.3 Å². The molecule has 0 bridgehead atoms. The highest BCUT2D eigenvalue weighted by Crippen LogP contribution is 2.37. The molecule has 4 rings (SSSR count). The molecule has 1 N–H and O–H groups in total. The zero-order valence-electron chi connectivity index (χ0n) is 17.4. The van der Waals surface area contributed by atoms with E-state index in [9.17, 15) is 17.6 Å². The summed E-state index contributed by atoms with van der Waals surface area (Å²) in [7, 11) is -2.27. The van der Waals surface area contributed by atoms with E-state index in [1.807, 2.05) is 0 Å². The molecule has 0 radical (unpaired) electrons. The maximum atomic E-state index is 13.5.